The van der Waals surface area contributed by atoms with E-state index in [4.69, 9.17) is 11.6 Å². The molecule has 0 atom stereocenters. The maximum atomic E-state index is 12.9. The van der Waals surface area contributed by atoms with Crippen LogP contribution in [0, 0.1) is 5.82 Å². The Kier molecular flexibility index (Phi) is 2.55. The summed E-state index contributed by atoms with van der Waals surface area (Å²) in [5.74, 6) is -0.205. The number of aromatic nitrogens is 1. The lowest BCUT2D eigenvalue weighted by Gasteiger charge is -2.00. The van der Waals surface area contributed by atoms with E-state index in [2.05, 4.69) is 0 Å². The molecule has 1 heterocycles. The first kappa shape index (κ1) is 9.28. The Morgan fingerprint density at radius 1 is 1.36 bits per heavy atom. The van der Waals surface area contributed by atoms with Crippen LogP contribution in [-0.4, -0.2) is 4.57 Å². The minimum absolute atomic E-state index is 0.205. The highest BCUT2D eigenvalue weighted by Gasteiger charge is 2.00. The predicted molar refractivity (Wildman–Crippen MR) is 56.9 cm³/mol. The number of fused-ring (bicyclic) bond motifs is 1. The molecule has 0 aliphatic rings. The van der Waals surface area contributed by atoms with Gasteiger partial charge in [0.1, 0.15) is 5.82 Å². The second kappa shape index (κ2) is 3.84. The van der Waals surface area contributed by atoms with Crippen molar-refractivity contribution in [1.82, 2.24) is 4.57 Å². The van der Waals surface area contributed by atoms with Gasteiger partial charge in [-0.3, -0.25) is 0 Å². The highest BCUT2D eigenvalue weighted by molar-refractivity contribution is 6.25. The molecule has 2 rings (SSSR count). The monoisotopic (exact) mass is 209 g/mol. The number of hydrogen-bond donors (Lipinski definition) is 0. The Bertz CT molecular complexity index is 473. The van der Waals surface area contributed by atoms with E-state index < -0.39 is 0 Å². The van der Waals surface area contributed by atoms with Crippen molar-refractivity contribution < 1.29 is 4.39 Å². The molecule has 0 saturated heterocycles. The van der Waals surface area contributed by atoms with E-state index in [0.717, 1.165) is 10.9 Å². The van der Waals surface area contributed by atoms with Gasteiger partial charge in [0, 0.05) is 29.2 Å². The summed E-state index contributed by atoms with van der Waals surface area (Å²) in [6.45, 7) is 0.707. The van der Waals surface area contributed by atoms with Crippen LogP contribution < -0.4 is 0 Å². The largest absolute Gasteiger partial charge is 0.344 e. The minimum atomic E-state index is -0.205. The van der Waals surface area contributed by atoms with E-state index in [9.17, 15) is 4.39 Å². The summed E-state index contributed by atoms with van der Waals surface area (Å²) in [6.07, 6.45) is 3.76. The van der Waals surface area contributed by atoms with Gasteiger partial charge in [-0.2, -0.15) is 0 Å². The quantitative estimate of drug-likeness (QED) is 0.713. The van der Waals surface area contributed by atoms with Crippen molar-refractivity contribution in [2.75, 3.05) is 0 Å². The second-order valence-electron chi connectivity index (χ2n) is 3.03. The van der Waals surface area contributed by atoms with Crippen LogP contribution in [0.25, 0.3) is 10.9 Å². The summed E-state index contributed by atoms with van der Waals surface area (Å²) in [7, 11) is 0. The number of hydrogen-bond acceptors (Lipinski definition) is 0. The van der Waals surface area contributed by atoms with Gasteiger partial charge < -0.3 is 4.57 Å². The van der Waals surface area contributed by atoms with Gasteiger partial charge in [0.05, 0.1) is 0 Å². The third-order valence-electron chi connectivity index (χ3n) is 2.12. The lowest BCUT2D eigenvalue weighted by molar-refractivity contribution is 0.629. The van der Waals surface area contributed by atoms with Crippen LogP contribution in [0.5, 0.6) is 0 Å². The maximum Gasteiger partial charge on any atom is 0.123 e. The average molecular weight is 210 g/mol. The van der Waals surface area contributed by atoms with Gasteiger partial charge in [-0.25, -0.2) is 4.39 Å². The summed E-state index contributed by atoms with van der Waals surface area (Å²) in [4.78, 5) is 0. The minimum Gasteiger partial charge on any atom is -0.344 e. The summed E-state index contributed by atoms with van der Waals surface area (Å²) >= 11 is 5.44. The van der Waals surface area contributed by atoms with Crippen molar-refractivity contribution in [3.05, 3.63) is 47.9 Å². The number of allylic oxidation sites excluding steroid dienone is 1. The van der Waals surface area contributed by atoms with Crippen molar-refractivity contribution in [3.8, 4) is 0 Å². The third-order valence-corrected chi connectivity index (χ3v) is 2.30. The molecule has 1 aromatic heterocycles. The van der Waals surface area contributed by atoms with Gasteiger partial charge in [0.25, 0.3) is 0 Å². The Morgan fingerprint density at radius 2 is 2.21 bits per heavy atom. The molecule has 0 spiro atoms. The Balaban J connectivity index is 2.47. The number of nitrogens with zero attached hydrogens (tertiary/aromatic N) is 1. The van der Waals surface area contributed by atoms with Gasteiger partial charge >= 0.3 is 0 Å². The number of halogens is 2. The molecule has 0 fully saturated rings. The Hall–Kier alpha value is -1.28. The van der Waals surface area contributed by atoms with Crippen molar-refractivity contribution in [2.45, 2.75) is 6.54 Å². The van der Waals surface area contributed by atoms with Crippen LogP contribution in [0.3, 0.4) is 0 Å². The fourth-order valence-electron chi connectivity index (χ4n) is 1.48. The number of benzene rings is 1. The molecule has 0 N–H and O–H groups in total. The van der Waals surface area contributed by atoms with E-state index in [1.807, 2.05) is 22.9 Å². The zero-order valence-corrected chi connectivity index (χ0v) is 8.21. The highest BCUT2D eigenvalue weighted by Crippen LogP contribution is 2.16. The van der Waals surface area contributed by atoms with E-state index >= 15 is 0 Å². The molecule has 1 aromatic carbocycles. The first-order valence-electron chi connectivity index (χ1n) is 4.31. The molecule has 0 radical (unpaired) electrons. The Morgan fingerprint density at radius 3 is 3.00 bits per heavy atom. The topological polar surface area (TPSA) is 4.93 Å². The molecular weight excluding hydrogens is 201 g/mol. The number of rotatable bonds is 2. The predicted octanol–water partition coefficient (Wildman–Crippen LogP) is 3.53. The zero-order chi connectivity index (χ0) is 9.97. The van der Waals surface area contributed by atoms with Gasteiger partial charge in [-0.15, -0.1) is 0 Å². The standard InChI is InChI=1S/C11H9ClFN/c12-5-1-6-14-7-4-9-8-10(13)2-3-11(9)14/h1-5,7-8H,6H2. The second-order valence-corrected chi connectivity index (χ2v) is 3.28. The third kappa shape index (κ3) is 1.66. The van der Waals surface area contributed by atoms with Crippen molar-refractivity contribution >= 4 is 22.5 Å². The zero-order valence-electron chi connectivity index (χ0n) is 7.45. The lowest BCUT2D eigenvalue weighted by Crippen LogP contribution is -1.91. The van der Waals surface area contributed by atoms with Crippen LogP contribution in [0.2, 0.25) is 0 Å². The molecular formula is C11H9ClFN. The van der Waals surface area contributed by atoms with Crippen LogP contribution in [0.4, 0.5) is 4.39 Å². The van der Waals surface area contributed by atoms with E-state index in [0.29, 0.717) is 6.54 Å². The molecule has 0 aliphatic carbocycles. The van der Waals surface area contributed by atoms with Crippen molar-refractivity contribution in [2.24, 2.45) is 0 Å². The molecule has 14 heavy (non-hydrogen) atoms. The van der Waals surface area contributed by atoms with E-state index in [-0.39, 0.29) is 5.82 Å². The van der Waals surface area contributed by atoms with E-state index in [1.54, 1.807) is 6.07 Å². The van der Waals surface area contributed by atoms with Gasteiger partial charge in [-0.1, -0.05) is 17.7 Å². The first-order valence-corrected chi connectivity index (χ1v) is 4.74. The van der Waals surface area contributed by atoms with Crippen molar-refractivity contribution in [3.63, 3.8) is 0 Å². The molecule has 0 aliphatic heterocycles. The molecule has 1 nitrogen and oxygen atoms in total. The fraction of sp³-hybridized carbons (Fsp3) is 0.0909. The van der Waals surface area contributed by atoms with Crippen LogP contribution in [-0.2, 0) is 6.54 Å². The molecule has 0 bridgehead atoms. The molecule has 3 heteroatoms. The van der Waals surface area contributed by atoms with Crippen LogP contribution in [0.15, 0.2) is 42.1 Å². The first-order chi connectivity index (χ1) is 6.81. The summed E-state index contributed by atoms with van der Waals surface area (Å²) < 4.78 is 14.9. The average Bonchev–Trinajstić information content (AvgIpc) is 2.57. The molecule has 0 unspecified atom stereocenters. The summed E-state index contributed by atoms with van der Waals surface area (Å²) in [5.41, 5.74) is 2.50. The SMILES string of the molecule is Fc1ccc2c(ccn2CC=CCl)c1. The van der Waals surface area contributed by atoms with Crippen molar-refractivity contribution in [1.29, 1.82) is 0 Å². The smallest absolute Gasteiger partial charge is 0.123 e. The normalized spacial score (nSPS) is 11.6. The fourth-order valence-corrected chi connectivity index (χ4v) is 1.56. The van der Waals surface area contributed by atoms with Gasteiger partial charge in [-0.05, 0) is 24.3 Å². The summed E-state index contributed by atoms with van der Waals surface area (Å²) in [5, 5.41) is 0.910. The van der Waals surface area contributed by atoms with Crippen LogP contribution >= 0.6 is 11.6 Å². The highest BCUT2D eigenvalue weighted by atomic mass is 35.5. The molecule has 2 aromatic rings. The lowest BCUT2D eigenvalue weighted by atomic mass is 10.2. The molecule has 0 saturated carbocycles. The summed E-state index contributed by atoms with van der Waals surface area (Å²) in [6, 6.07) is 6.65. The maximum absolute atomic E-state index is 12.9. The van der Waals surface area contributed by atoms with Gasteiger partial charge in [0.15, 0.2) is 0 Å². The molecule has 72 valence electrons. The molecule has 0 amide bonds. The van der Waals surface area contributed by atoms with E-state index in [1.165, 1.54) is 17.7 Å². The van der Waals surface area contributed by atoms with Gasteiger partial charge in [0.2, 0.25) is 0 Å². The Labute approximate surface area is 86.4 Å². The van der Waals surface area contributed by atoms with Crippen LogP contribution in [0.1, 0.15) is 0 Å².